The lowest BCUT2D eigenvalue weighted by atomic mass is 9.93. The van der Waals surface area contributed by atoms with Gasteiger partial charge in [0, 0.05) is 13.7 Å². The van der Waals surface area contributed by atoms with Crippen LogP contribution in [0.15, 0.2) is 0 Å². The summed E-state index contributed by atoms with van der Waals surface area (Å²) in [4.78, 5) is 1.30. The van der Waals surface area contributed by atoms with Crippen molar-refractivity contribution >= 4 is 0 Å². The Hall–Kier alpha value is -0.680. The third-order valence-corrected chi connectivity index (χ3v) is 3.39. The Morgan fingerprint density at radius 1 is 1.41 bits per heavy atom. The lowest BCUT2D eigenvalue weighted by Gasteiger charge is -2.27. The van der Waals surface area contributed by atoms with E-state index >= 15 is 0 Å². The summed E-state index contributed by atoms with van der Waals surface area (Å²) in [5.41, 5.74) is 13.7. The van der Waals surface area contributed by atoms with Gasteiger partial charge in [-0.05, 0) is 41.4 Å². The zero-order valence-electron chi connectivity index (χ0n) is 11.9. The first kappa shape index (κ1) is 16.3. The molecule has 0 aliphatic rings. The molecular formula is C12H29N4O+. The first-order valence-corrected chi connectivity index (χ1v) is 6.36. The molecule has 0 fully saturated rings. The van der Waals surface area contributed by atoms with Crippen LogP contribution in [0, 0.1) is 17.4 Å². The topological polar surface area (TPSA) is 65.3 Å². The summed E-state index contributed by atoms with van der Waals surface area (Å²) in [6.07, 6.45) is 3.16. The molecule has 0 amide bonds. The highest BCUT2D eigenvalue weighted by Gasteiger charge is 2.25. The normalized spacial score (nSPS) is 16.4. The van der Waals surface area contributed by atoms with E-state index in [1.807, 2.05) is 7.05 Å². The minimum atomic E-state index is -0.0859. The van der Waals surface area contributed by atoms with Gasteiger partial charge in [0.15, 0.2) is 7.05 Å². The van der Waals surface area contributed by atoms with E-state index in [2.05, 4.69) is 13.8 Å². The number of ether oxygens (including phenoxy) is 1. The van der Waals surface area contributed by atoms with Gasteiger partial charge in [-0.15, -0.1) is 5.01 Å². The molecule has 0 aromatic heterocycles. The summed E-state index contributed by atoms with van der Waals surface area (Å²) >= 11 is 0. The Morgan fingerprint density at radius 2 is 2.00 bits per heavy atom. The van der Waals surface area contributed by atoms with E-state index in [9.17, 15) is 0 Å². The second-order valence-corrected chi connectivity index (χ2v) is 4.89. The molecule has 0 heterocycles. The highest BCUT2D eigenvalue weighted by atomic mass is 16.5. The van der Waals surface area contributed by atoms with E-state index in [-0.39, 0.29) is 6.17 Å². The number of rotatable bonds is 9. The van der Waals surface area contributed by atoms with Gasteiger partial charge in [-0.1, -0.05) is 13.8 Å². The average molecular weight is 245 g/mol. The first-order chi connectivity index (χ1) is 7.93. The van der Waals surface area contributed by atoms with Crippen molar-refractivity contribution in [2.45, 2.75) is 39.3 Å². The molecule has 3 atom stereocenters. The molecule has 0 aliphatic heterocycles. The van der Waals surface area contributed by atoms with Crippen molar-refractivity contribution in [2.75, 3.05) is 27.8 Å². The predicted octanol–water partition coefficient (Wildman–Crippen LogP) is 1.88. The highest BCUT2D eigenvalue weighted by Crippen LogP contribution is 2.19. The van der Waals surface area contributed by atoms with E-state index in [1.54, 1.807) is 19.2 Å². The molecule has 5 heteroatoms. The maximum Gasteiger partial charge on any atom is 0.190 e. The van der Waals surface area contributed by atoms with Gasteiger partial charge < -0.3 is 10.5 Å². The first-order valence-electron chi connectivity index (χ1n) is 6.36. The van der Waals surface area contributed by atoms with Gasteiger partial charge in [0.25, 0.3) is 0 Å². The van der Waals surface area contributed by atoms with E-state index in [0.29, 0.717) is 11.8 Å². The quantitative estimate of drug-likeness (QED) is 0.282. The molecule has 0 aromatic carbocycles. The monoisotopic (exact) mass is 245 g/mol. The van der Waals surface area contributed by atoms with Crippen LogP contribution in [0.5, 0.6) is 0 Å². The lowest BCUT2D eigenvalue weighted by Crippen LogP contribution is -2.48. The summed E-state index contributed by atoms with van der Waals surface area (Å²) in [6, 6.07) is 0. The standard InChI is InChI=1S/C12H29N4O/c1-6-11(8-7-10(2)9-17-5)12(13)15(3)16(4)14/h10-12,14H,6-9,13H2,1-5H3/q+1. The number of nitrogens with zero attached hydrogens (tertiary/aromatic N) is 2. The zero-order valence-corrected chi connectivity index (χ0v) is 11.9. The number of hydrogen-bond acceptors (Lipinski definition) is 3. The van der Waals surface area contributed by atoms with Crippen molar-refractivity contribution in [3.63, 3.8) is 0 Å². The van der Waals surface area contributed by atoms with Gasteiger partial charge in [0.05, 0.1) is 7.05 Å². The fourth-order valence-electron chi connectivity index (χ4n) is 1.99. The van der Waals surface area contributed by atoms with Crippen LogP contribution < -0.4 is 5.73 Å². The van der Waals surface area contributed by atoms with Gasteiger partial charge >= 0.3 is 0 Å². The molecule has 3 unspecified atom stereocenters. The summed E-state index contributed by atoms with van der Waals surface area (Å²) in [5.74, 6) is 0.993. The Balaban J connectivity index is 4.18. The van der Waals surface area contributed by atoms with Crippen molar-refractivity contribution in [1.29, 1.82) is 5.53 Å². The molecule has 0 saturated carbocycles. The van der Waals surface area contributed by atoms with Gasteiger partial charge in [0.1, 0.15) is 6.17 Å². The van der Waals surface area contributed by atoms with Gasteiger partial charge in [0.2, 0.25) is 0 Å². The molecule has 0 aromatic rings. The predicted molar refractivity (Wildman–Crippen MR) is 68.7 cm³/mol. The molecule has 0 rings (SSSR count). The largest absolute Gasteiger partial charge is 0.384 e. The van der Waals surface area contributed by atoms with E-state index < -0.39 is 0 Å². The SMILES string of the molecule is CCC(CCC(C)COC)C(N)N(C)[N+](C)=N. The summed E-state index contributed by atoms with van der Waals surface area (Å²) < 4.78 is 5.14. The van der Waals surface area contributed by atoms with Crippen molar-refractivity contribution in [3.8, 4) is 0 Å². The number of nitrogens with two attached hydrogens (primary N) is 1. The Kier molecular flexibility index (Phi) is 8.08. The third-order valence-electron chi connectivity index (χ3n) is 3.39. The van der Waals surface area contributed by atoms with Crippen molar-refractivity contribution < 1.29 is 9.54 Å². The van der Waals surface area contributed by atoms with Gasteiger partial charge in [-0.2, -0.15) is 0 Å². The number of nitrogens with one attached hydrogen (secondary N) is 1. The molecule has 0 aliphatic carbocycles. The summed E-state index contributed by atoms with van der Waals surface area (Å²) in [5, 5.41) is 1.77. The van der Waals surface area contributed by atoms with Crippen LogP contribution in [-0.2, 0) is 4.74 Å². The fourth-order valence-corrected chi connectivity index (χ4v) is 1.99. The number of hydrazine groups is 1. The highest BCUT2D eigenvalue weighted by molar-refractivity contribution is 4.69. The van der Waals surface area contributed by atoms with Crippen molar-refractivity contribution in [3.05, 3.63) is 0 Å². The third kappa shape index (κ3) is 5.98. The van der Waals surface area contributed by atoms with E-state index in [1.165, 1.54) is 4.81 Å². The van der Waals surface area contributed by atoms with E-state index in [4.69, 9.17) is 16.0 Å². The Labute approximate surface area is 105 Å². The van der Waals surface area contributed by atoms with Crippen LogP contribution in [0.25, 0.3) is 0 Å². The zero-order chi connectivity index (χ0) is 13.4. The minimum absolute atomic E-state index is 0.0859. The van der Waals surface area contributed by atoms with Crippen LogP contribution in [0.2, 0.25) is 0 Å². The molecule has 0 radical (unpaired) electrons. The van der Waals surface area contributed by atoms with Crippen molar-refractivity contribution in [1.82, 2.24) is 5.01 Å². The fraction of sp³-hybridized carbons (Fsp3) is 1.00. The molecule has 0 bridgehead atoms. The van der Waals surface area contributed by atoms with E-state index in [0.717, 1.165) is 25.9 Å². The Morgan fingerprint density at radius 3 is 2.41 bits per heavy atom. The molecule has 0 saturated heterocycles. The van der Waals surface area contributed by atoms with Crippen LogP contribution >= 0.6 is 0 Å². The molecule has 17 heavy (non-hydrogen) atoms. The maximum absolute atomic E-state index is 7.52. The maximum atomic E-state index is 7.52. The Bertz CT molecular complexity index is 223. The van der Waals surface area contributed by atoms with Crippen LogP contribution in [0.3, 0.4) is 0 Å². The van der Waals surface area contributed by atoms with Crippen LogP contribution in [0.1, 0.15) is 33.1 Å². The number of hydrogen-bond donors (Lipinski definition) is 2. The second-order valence-electron chi connectivity index (χ2n) is 4.89. The minimum Gasteiger partial charge on any atom is -0.384 e. The van der Waals surface area contributed by atoms with Gasteiger partial charge in [-0.3, -0.25) is 0 Å². The molecule has 0 spiro atoms. The van der Waals surface area contributed by atoms with Crippen molar-refractivity contribution in [2.24, 2.45) is 17.6 Å². The van der Waals surface area contributed by atoms with Crippen LogP contribution in [0.4, 0.5) is 0 Å². The van der Waals surface area contributed by atoms with Gasteiger partial charge in [-0.25, -0.2) is 0 Å². The molecular weight excluding hydrogens is 216 g/mol. The molecule has 3 N–H and O–H groups in total. The summed E-state index contributed by atoms with van der Waals surface area (Å²) in [6.45, 7) is 5.16. The molecule has 5 nitrogen and oxygen atoms in total. The molecule has 102 valence electrons. The average Bonchev–Trinajstić information content (AvgIpc) is 2.28. The lowest BCUT2D eigenvalue weighted by molar-refractivity contribution is -0.743. The number of methoxy groups -OCH3 is 1. The van der Waals surface area contributed by atoms with Crippen LogP contribution in [-0.4, -0.2) is 43.8 Å². The summed E-state index contributed by atoms with van der Waals surface area (Å²) in [7, 11) is 5.29. The second kappa shape index (κ2) is 8.42. The smallest absolute Gasteiger partial charge is 0.190 e.